The molecule has 1 saturated carbocycles. The second-order valence-electron chi connectivity index (χ2n) is 12.8. The Bertz CT molecular complexity index is 1450. The standard InChI is InChI=1S/C34H42ClFN4O6/c1-34(2,23-11-7-12-24(35)19-23)29(21-10-6-13-25(36)17-21)46-33(45)40-27(16-20-8-4-3-5-9-20)32(44)39-26(28(41)30(37)42)18-22-14-15-38-31(22)43/h6-7,10-13,17,19-20,22,26-27,29H,3-5,8-9,14-16,18H2,1-2H3,(H2,37,42)(H,38,43)(H,39,44)(H,40,45)/t22-,26?,27?,29?/m0/s1. The average Bonchev–Trinajstić information content (AvgIpc) is 3.42. The van der Waals surface area contributed by atoms with Crippen LogP contribution in [0.25, 0.3) is 0 Å². The van der Waals surface area contributed by atoms with Gasteiger partial charge >= 0.3 is 6.09 Å². The SMILES string of the molecule is CC(C)(c1cccc(Cl)c1)C(OC(=O)NC(CC1CCCCC1)C(=O)NC(C[C@@H]1CCNC1=O)C(=O)C(N)=O)c1cccc(F)c1. The summed E-state index contributed by atoms with van der Waals surface area (Å²) in [6.07, 6.45) is 3.46. The minimum absolute atomic E-state index is 0.102. The molecule has 1 aliphatic carbocycles. The molecule has 10 nitrogen and oxygen atoms in total. The van der Waals surface area contributed by atoms with E-state index in [0.29, 0.717) is 23.6 Å². The first-order valence-electron chi connectivity index (χ1n) is 15.8. The summed E-state index contributed by atoms with van der Waals surface area (Å²) in [4.78, 5) is 64.2. The fourth-order valence-electron chi connectivity index (χ4n) is 6.44. The summed E-state index contributed by atoms with van der Waals surface area (Å²) in [5, 5.41) is 8.44. The molecule has 2 aliphatic rings. The fourth-order valence-corrected chi connectivity index (χ4v) is 6.63. The molecule has 2 aromatic carbocycles. The van der Waals surface area contributed by atoms with Crippen LogP contribution in [-0.4, -0.2) is 48.2 Å². The van der Waals surface area contributed by atoms with Gasteiger partial charge in [-0.3, -0.25) is 19.2 Å². The number of primary amides is 1. The van der Waals surface area contributed by atoms with Crippen molar-refractivity contribution in [1.82, 2.24) is 16.0 Å². The highest BCUT2D eigenvalue weighted by Crippen LogP contribution is 2.40. The Labute approximate surface area is 273 Å². The van der Waals surface area contributed by atoms with E-state index in [1.54, 1.807) is 24.3 Å². The van der Waals surface area contributed by atoms with Crippen molar-refractivity contribution in [3.8, 4) is 0 Å². The number of benzene rings is 2. The lowest BCUT2D eigenvalue weighted by Gasteiger charge is -2.35. The average molecular weight is 657 g/mol. The van der Waals surface area contributed by atoms with Gasteiger partial charge in [-0.25, -0.2) is 9.18 Å². The molecule has 0 spiro atoms. The number of ketones is 1. The second kappa shape index (κ2) is 15.5. The molecule has 0 radical (unpaired) electrons. The molecule has 12 heteroatoms. The Morgan fingerprint density at radius 3 is 2.35 bits per heavy atom. The van der Waals surface area contributed by atoms with Gasteiger partial charge in [-0.2, -0.15) is 0 Å². The van der Waals surface area contributed by atoms with Crippen LogP contribution in [0.3, 0.4) is 0 Å². The van der Waals surface area contributed by atoms with Crippen molar-refractivity contribution in [2.75, 3.05) is 6.54 Å². The lowest BCUT2D eigenvalue weighted by atomic mass is 9.76. The van der Waals surface area contributed by atoms with Gasteiger partial charge in [0.15, 0.2) is 0 Å². The monoisotopic (exact) mass is 656 g/mol. The molecular formula is C34H42ClFN4O6. The lowest BCUT2D eigenvalue weighted by Crippen LogP contribution is -2.54. The maximum Gasteiger partial charge on any atom is 0.408 e. The molecule has 248 valence electrons. The van der Waals surface area contributed by atoms with E-state index in [4.69, 9.17) is 22.1 Å². The Morgan fingerprint density at radius 2 is 1.72 bits per heavy atom. The Kier molecular flexibility index (Phi) is 11.8. The van der Waals surface area contributed by atoms with E-state index in [-0.39, 0.29) is 24.7 Å². The number of halogens is 2. The molecule has 1 saturated heterocycles. The van der Waals surface area contributed by atoms with Crippen molar-refractivity contribution in [3.05, 3.63) is 70.5 Å². The molecule has 0 bridgehead atoms. The number of nitrogens with one attached hydrogen (secondary N) is 3. The number of carbonyl (C=O) groups is 5. The molecule has 1 heterocycles. The fraction of sp³-hybridized carbons (Fsp3) is 0.500. The molecule has 2 fully saturated rings. The highest BCUT2D eigenvalue weighted by atomic mass is 35.5. The van der Waals surface area contributed by atoms with Crippen LogP contribution in [0.4, 0.5) is 9.18 Å². The predicted molar refractivity (Wildman–Crippen MR) is 170 cm³/mol. The van der Waals surface area contributed by atoms with Crippen LogP contribution in [0.1, 0.15) is 82.4 Å². The predicted octanol–water partition coefficient (Wildman–Crippen LogP) is 4.63. The molecule has 4 amide bonds. The van der Waals surface area contributed by atoms with Gasteiger partial charge in [0.25, 0.3) is 5.91 Å². The normalized spacial score (nSPS) is 19.0. The van der Waals surface area contributed by atoms with Crippen LogP contribution in [0, 0.1) is 17.7 Å². The van der Waals surface area contributed by atoms with Crippen molar-refractivity contribution in [1.29, 1.82) is 0 Å². The lowest BCUT2D eigenvalue weighted by molar-refractivity contribution is -0.139. The third-order valence-corrected chi connectivity index (χ3v) is 9.30. The first kappa shape index (κ1) is 34.9. The molecule has 4 rings (SSSR count). The second-order valence-corrected chi connectivity index (χ2v) is 13.2. The summed E-state index contributed by atoms with van der Waals surface area (Å²) < 4.78 is 20.4. The summed E-state index contributed by atoms with van der Waals surface area (Å²) in [6.45, 7) is 4.10. The Morgan fingerprint density at radius 1 is 1.00 bits per heavy atom. The van der Waals surface area contributed by atoms with Gasteiger partial charge in [0.1, 0.15) is 18.0 Å². The van der Waals surface area contributed by atoms with E-state index in [1.807, 2.05) is 19.9 Å². The molecule has 0 aromatic heterocycles. The molecule has 4 atom stereocenters. The topological polar surface area (TPSA) is 157 Å². The van der Waals surface area contributed by atoms with E-state index in [2.05, 4.69) is 16.0 Å². The van der Waals surface area contributed by atoms with Crippen LogP contribution in [-0.2, 0) is 29.3 Å². The summed E-state index contributed by atoms with van der Waals surface area (Å²) in [7, 11) is 0. The molecular weight excluding hydrogens is 615 g/mol. The van der Waals surface area contributed by atoms with Crippen LogP contribution in [0.15, 0.2) is 48.5 Å². The van der Waals surface area contributed by atoms with E-state index >= 15 is 0 Å². The van der Waals surface area contributed by atoms with Gasteiger partial charge in [0, 0.05) is 22.9 Å². The van der Waals surface area contributed by atoms with Crippen molar-refractivity contribution in [2.24, 2.45) is 17.6 Å². The molecule has 46 heavy (non-hydrogen) atoms. The van der Waals surface area contributed by atoms with E-state index in [1.165, 1.54) is 18.2 Å². The van der Waals surface area contributed by atoms with Gasteiger partial charge in [0.05, 0.1) is 6.04 Å². The van der Waals surface area contributed by atoms with E-state index in [9.17, 15) is 28.4 Å². The van der Waals surface area contributed by atoms with Crippen LogP contribution >= 0.6 is 11.6 Å². The molecule has 1 aliphatic heterocycles. The van der Waals surface area contributed by atoms with Gasteiger partial charge in [-0.05, 0) is 60.6 Å². The number of ether oxygens (including phenoxy) is 1. The number of amides is 4. The summed E-state index contributed by atoms with van der Waals surface area (Å²) in [5.74, 6) is -4.20. The third-order valence-electron chi connectivity index (χ3n) is 9.06. The summed E-state index contributed by atoms with van der Waals surface area (Å²) >= 11 is 6.27. The number of carbonyl (C=O) groups excluding carboxylic acids is 5. The van der Waals surface area contributed by atoms with Gasteiger partial charge < -0.3 is 26.4 Å². The molecule has 3 unspecified atom stereocenters. The first-order chi connectivity index (χ1) is 21.8. The zero-order valence-corrected chi connectivity index (χ0v) is 26.9. The highest BCUT2D eigenvalue weighted by molar-refractivity contribution is 6.38. The van der Waals surface area contributed by atoms with Gasteiger partial charge in [-0.1, -0.05) is 81.8 Å². The maximum absolute atomic E-state index is 14.4. The van der Waals surface area contributed by atoms with Gasteiger partial charge in [0.2, 0.25) is 17.6 Å². The largest absolute Gasteiger partial charge is 0.440 e. The third kappa shape index (κ3) is 9.05. The molecule has 5 N–H and O–H groups in total. The number of hydrogen-bond donors (Lipinski definition) is 4. The number of rotatable bonds is 13. The van der Waals surface area contributed by atoms with Crippen LogP contribution < -0.4 is 21.7 Å². The Hall–Kier alpha value is -3.99. The van der Waals surface area contributed by atoms with E-state index in [0.717, 1.165) is 37.7 Å². The van der Waals surface area contributed by atoms with Crippen LogP contribution in [0.5, 0.6) is 0 Å². The minimum Gasteiger partial charge on any atom is -0.440 e. The van der Waals surface area contributed by atoms with Gasteiger partial charge in [-0.15, -0.1) is 0 Å². The first-order valence-corrected chi connectivity index (χ1v) is 16.1. The summed E-state index contributed by atoms with van der Waals surface area (Å²) in [5.41, 5.74) is 5.53. The Balaban J connectivity index is 1.59. The van der Waals surface area contributed by atoms with Crippen molar-refractivity contribution in [2.45, 2.75) is 88.8 Å². The molecule has 2 aromatic rings. The van der Waals surface area contributed by atoms with Crippen molar-refractivity contribution in [3.63, 3.8) is 0 Å². The maximum atomic E-state index is 14.4. The quantitative estimate of drug-likeness (QED) is 0.230. The smallest absolute Gasteiger partial charge is 0.408 e. The number of hydrogen-bond acceptors (Lipinski definition) is 6. The van der Waals surface area contributed by atoms with Crippen molar-refractivity contribution < 1.29 is 33.1 Å². The number of alkyl carbamates (subject to hydrolysis) is 1. The minimum atomic E-state index is -1.34. The van der Waals surface area contributed by atoms with Crippen LogP contribution in [0.2, 0.25) is 5.02 Å². The number of Topliss-reactive ketones (excluding diaryl/α,β-unsaturated/α-hetero) is 1. The van der Waals surface area contributed by atoms with Crippen molar-refractivity contribution >= 4 is 41.2 Å². The zero-order valence-electron chi connectivity index (χ0n) is 26.2. The zero-order chi connectivity index (χ0) is 33.4. The van der Waals surface area contributed by atoms with E-state index < -0.39 is 59.0 Å². The highest BCUT2D eigenvalue weighted by Gasteiger charge is 2.39. The number of nitrogens with two attached hydrogens (primary N) is 1. The summed E-state index contributed by atoms with van der Waals surface area (Å²) in [6, 6.07) is 10.3.